The van der Waals surface area contributed by atoms with E-state index < -0.39 is 29.9 Å². The fourth-order valence-corrected chi connectivity index (χ4v) is 6.27. The molecule has 3 aliphatic heterocycles. The molecule has 0 spiro atoms. The van der Waals surface area contributed by atoms with E-state index in [-0.39, 0.29) is 87.5 Å². The highest BCUT2D eigenvalue weighted by atomic mass is 16.6. The van der Waals surface area contributed by atoms with Crippen LogP contribution in [-0.4, -0.2) is 118 Å². The number of rotatable bonds is 10. The van der Waals surface area contributed by atoms with E-state index >= 15 is 0 Å². The van der Waals surface area contributed by atoms with Crippen molar-refractivity contribution in [2.24, 2.45) is 0 Å². The molecule has 3 aliphatic rings. The van der Waals surface area contributed by atoms with Crippen molar-refractivity contribution in [2.45, 2.75) is 63.6 Å². The number of hydrogen-bond acceptors (Lipinski definition) is 9. The van der Waals surface area contributed by atoms with Gasteiger partial charge in [0.1, 0.15) is 23.3 Å². The summed E-state index contributed by atoms with van der Waals surface area (Å²) in [5.74, 6) is -2.11. The number of nitrogens with one attached hydrogen (secondary N) is 1. The summed E-state index contributed by atoms with van der Waals surface area (Å²) in [4.78, 5) is 84.6. The van der Waals surface area contributed by atoms with E-state index in [1.807, 2.05) is 0 Å². The van der Waals surface area contributed by atoms with Gasteiger partial charge in [-0.05, 0) is 38.3 Å². The third-order valence-corrected chi connectivity index (χ3v) is 8.46. The zero-order valence-electron chi connectivity index (χ0n) is 25.1. The predicted molar refractivity (Wildman–Crippen MR) is 158 cm³/mol. The Morgan fingerprint density at radius 3 is 2.36 bits per heavy atom. The first-order valence-electron chi connectivity index (χ1n) is 15.2. The zero-order valence-corrected chi connectivity index (χ0v) is 25.1. The molecule has 4 heterocycles. The van der Waals surface area contributed by atoms with Crippen molar-refractivity contribution < 1.29 is 43.3 Å². The standard InChI is InChI=1S/C31H37N5O9/c1-2-44-31(43)35-13-11-34(12-14-35)30(42)24(9-10-28(39)40)33-29(41)25-17-26(22-5-3-4-6-23(22)32-25)45-18-27(38)36-19-7-8-20(36)16-21(37)15-19/h3-6,17,19-20,24H,2,7-16,18H2,1H3,(H,33,41)(H,39,40)/t19-,20+,24-/m0/s1. The Morgan fingerprint density at radius 1 is 1.02 bits per heavy atom. The van der Waals surface area contributed by atoms with Crippen LogP contribution in [0.25, 0.3) is 10.9 Å². The third kappa shape index (κ3) is 7.32. The molecule has 1 aromatic heterocycles. The average Bonchev–Trinajstić information content (AvgIpc) is 3.31. The molecule has 14 heteroatoms. The number of piperidine rings is 1. The second-order valence-electron chi connectivity index (χ2n) is 11.4. The molecule has 45 heavy (non-hydrogen) atoms. The number of amides is 4. The van der Waals surface area contributed by atoms with Crippen molar-refractivity contribution in [2.75, 3.05) is 39.4 Å². The van der Waals surface area contributed by atoms with Gasteiger partial charge in [0.2, 0.25) is 5.91 Å². The first kappa shape index (κ1) is 31.7. The monoisotopic (exact) mass is 623 g/mol. The van der Waals surface area contributed by atoms with Gasteiger partial charge in [-0.15, -0.1) is 0 Å². The molecule has 4 amide bonds. The quantitative estimate of drug-likeness (QED) is 0.395. The van der Waals surface area contributed by atoms with Crippen LogP contribution in [0.2, 0.25) is 0 Å². The van der Waals surface area contributed by atoms with Crippen LogP contribution in [0.1, 0.15) is 55.9 Å². The number of carboxylic acids is 1. The van der Waals surface area contributed by atoms with Gasteiger partial charge in [0.05, 0.1) is 12.1 Å². The van der Waals surface area contributed by atoms with Crippen LogP contribution in [0.4, 0.5) is 4.79 Å². The summed E-state index contributed by atoms with van der Waals surface area (Å²) in [6.07, 6.45) is 1.30. The van der Waals surface area contributed by atoms with Gasteiger partial charge < -0.3 is 34.6 Å². The van der Waals surface area contributed by atoms with Crippen LogP contribution in [0, 0.1) is 0 Å². The minimum atomic E-state index is -1.15. The maximum absolute atomic E-state index is 13.5. The predicted octanol–water partition coefficient (Wildman–Crippen LogP) is 1.60. The van der Waals surface area contributed by atoms with Crippen LogP contribution in [0.3, 0.4) is 0 Å². The van der Waals surface area contributed by atoms with Crippen molar-refractivity contribution in [3.63, 3.8) is 0 Å². The molecule has 240 valence electrons. The lowest BCUT2D eigenvalue weighted by Crippen LogP contribution is -2.56. The van der Waals surface area contributed by atoms with Gasteiger partial charge in [0.25, 0.3) is 11.8 Å². The van der Waals surface area contributed by atoms with Crippen molar-refractivity contribution in [3.05, 3.63) is 36.0 Å². The lowest BCUT2D eigenvalue weighted by Gasteiger charge is -2.35. The Hall–Kier alpha value is -4.75. The number of Topliss-reactive ketones (excluding diaryl/α,β-unsaturated/α-hetero) is 1. The minimum Gasteiger partial charge on any atom is -0.483 e. The largest absolute Gasteiger partial charge is 0.483 e. The number of pyridine rings is 1. The summed E-state index contributed by atoms with van der Waals surface area (Å²) in [6.45, 7) is 2.53. The van der Waals surface area contributed by atoms with Crippen molar-refractivity contribution in [1.82, 2.24) is 25.0 Å². The third-order valence-electron chi connectivity index (χ3n) is 8.46. The Bertz CT molecular complexity index is 1470. The number of ketones is 1. The number of carbonyl (C=O) groups is 6. The van der Waals surface area contributed by atoms with Gasteiger partial charge in [-0.1, -0.05) is 12.1 Å². The van der Waals surface area contributed by atoms with Crippen LogP contribution in [-0.2, 0) is 23.9 Å². The summed E-state index contributed by atoms with van der Waals surface area (Å²) < 4.78 is 11.0. The van der Waals surface area contributed by atoms with Crippen LogP contribution in [0.5, 0.6) is 5.75 Å². The van der Waals surface area contributed by atoms with Crippen LogP contribution in [0.15, 0.2) is 30.3 Å². The van der Waals surface area contributed by atoms with Crippen molar-refractivity contribution in [1.29, 1.82) is 0 Å². The number of nitrogens with zero attached hydrogens (tertiary/aromatic N) is 4. The molecule has 3 fully saturated rings. The van der Waals surface area contributed by atoms with E-state index in [1.165, 1.54) is 15.9 Å². The summed E-state index contributed by atoms with van der Waals surface area (Å²) >= 11 is 0. The highest BCUT2D eigenvalue weighted by molar-refractivity contribution is 5.99. The molecule has 3 saturated heterocycles. The van der Waals surface area contributed by atoms with Gasteiger partial charge in [0, 0.05) is 69.0 Å². The first-order valence-corrected chi connectivity index (χ1v) is 15.2. The van der Waals surface area contributed by atoms with Gasteiger partial charge in [-0.3, -0.25) is 24.0 Å². The molecule has 0 aliphatic carbocycles. The topological polar surface area (TPSA) is 176 Å². The second-order valence-corrected chi connectivity index (χ2v) is 11.4. The van der Waals surface area contributed by atoms with Gasteiger partial charge in [0.15, 0.2) is 6.61 Å². The molecule has 14 nitrogen and oxygen atoms in total. The fraction of sp³-hybridized carbons (Fsp3) is 0.516. The molecule has 2 N–H and O–H groups in total. The highest BCUT2D eigenvalue weighted by Crippen LogP contribution is 2.34. The summed E-state index contributed by atoms with van der Waals surface area (Å²) in [5, 5.41) is 12.5. The van der Waals surface area contributed by atoms with Crippen molar-refractivity contribution in [3.8, 4) is 5.75 Å². The number of carbonyl (C=O) groups excluding carboxylic acids is 5. The van der Waals surface area contributed by atoms with Gasteiger partial charge >= 0.3 is 12.1 Å². The van der Waals surface area contributed by atoms with Crippen LogP contribution < -0.4 is 10.1 Å². The Labute approximate surface area is 259 Å². The molecule has 5 rings (SSSR count). The van der Waals surface area contributed by atoms with E-state index in [2.05, 4.69) is 10.3 Å². The van der Waals surface area contributed by atoms with E-state index in [0.717, 1.165) is 12.8 Å². The van der Waals surface area contributed by atoms with E-state index in [1.54, 1.807) is 36.1 Å². The Kier molecular flexibility index (Phi) is 9.79. The van der Waals surface area contributed by atoms with E-state index in [9.17, 15) is 33.9 Å². The van der Waals surface area contributed by atoms with Gasteiger partial charge in [-0.2, -0.15) is 0 Å². The zero-order chi connectivity index (χ0) is 32.1. The lowest BCUT2D eigenvalue weighted by atomic mass is 10.0. The van der Waals surface area contributed by atoms with E-state index in [0.29, 0.717) is 23.7 Å². The average molecular weight is 624 g/mol. The number of ether oxygens (including phenoxy) is 2. The Balaban J connectivity index is 1.29. The molecular weight excluding hydrogens is 586 g/mol. The molecule has 0 radical (unpaired) electrons. The summed E-state index contributed by atoms with van der Waals surface area (Å²) in [6, 6.07) is 6.97. The van der Waals surface area contributed by atoms with Crippen molar-refractivity contribution >= 4 is 46.5 Å². The molecular formula is C31H37N5O9. The molecule has 2 bridgehead atoms. The lowest BCUT2D eigenvalue weighted by molar-refractivity contribution is -0.141. The number of aromatic nitrogens is 1. The fourth-order valence-electron chi connectivity index (χ4n) is 6.27. The first-order chi connectivity index (χ1) is 21.6. The maximum Gasteiger partial charge on any atom is 0.409 e. The SMILES string of the molecule is CCOC(=O)N1CCN(C(=O)[C@H](CCC(=O)O)NC(=O)c2cc(OCC(=O)N3[C@@H]4CC[C@H]3CC(=O)C4)c3ccccc3n2)CC1. The molecule has 0 saturated carbocycles. The molecule has 3 atom stereocenters. The Morgan fingerprint density at radius 2 is 1.69 bits per heavy atom. The summed E-state index contributed by atoms with van der Waals surface area (Å²) in [5.41, 5.74) is 0.361. The number of benzene rings is 1. The normalized spacial score (nSPS) is 20.1. The highest BCUT2D eigenvalue weighted by Gasteiger charge is 2.42. The van der Waals surface area contributed by atoms with Gasteiger partial charge in [-0.25, -0.2) is 9.78 Å². The molecule has 1 aromatic carbocycles. The number of piperazine rings is 1. The van der Waals surface area contributed by atoms with E-state index in [4.69, 9.17) is 9.47 Å². The smallest absolute Gasteiger partial charge is 0.409 e. The number of aliphatic carboxylic acids is 1. The number of hydrogen-bond donors (Lipinski definition) is 2. The maximum atomic E-state index is 13.5. The summed E-state index contributed by atoms with van der Waals surface area (Å²) in [7, 11) is 0. The number of carboxylic acid groups (broad SMARTS) is 1. The molecule has 2 aromatic rings. The molecule has 0 unspecified atom stereocenters. The minimum absolute atomic E-state index is 0.0694. The number of fused-ring (bicyclic) bond motifs is 3. The second kappa shape index (κ2) is 13.9. The number of para-hydroxylation sites is 1. The van der Waals surface area contributed by atoms with Crippen LogP contribution >= 0.6 is 0 Å².